The van der Waals surface area contributed by atoms with E-state index >= 15 is 0 Å². The summed E-state index contributed by atoms with van der Waals surface area (Å²) in [6, 6.07) is 11.0. The number of alkyl halides is 6. The molecule has 1 aliphatic carbocycles. The molecule has 1 heterocycles. The van der Waals surface area contributed by atoms with Crippen molar-refractivity contribution >= 4 is 0 Å². The van der Waals surface area contributed by atoms with Crippen molar-refractivity contribution in [3.63, 3.8) is 0 Å². The number of hydrogen-bond donors (Lipinski definition) is 0. The number of aromatic nitrogens is 1. The lowest BCUT2D eigenvalue weighted by Gasteiger charge is -2.35. The maximum atomic E-state index is 13.6. The van der Waals surface area contributed by atoms with Gasteiger partial charge in [0.05, 0.1) is 23.3 Å². The van der Waals surface area contributed by atoms with Crippen LogP contribution in [0.25, 0.3) is 0 Å². The Morgan fingerprint density at radius 2 is 1.49 bits per heavy atom. The summed E-state index contributed by atoms with van der Waals surface area (Å²) in [6.45, 7) is 3.28. The van der Waals surface area contributed by atoms with E-state index in [1.807, 2.05) is 19.1 Å². The number of pyridine rings is 1. The van der Waals surface area contributed by atoms with Gasteiger partial charge in [-0.2, -0.15) is 26.3 Å². The molecular formula is C26H22F7NO. The van der Waals surface area contributed by atoms with E-state index in [4.69, 9.17) is 4.74 Å². The first-order chi connectivity index (χ1) is 16.3. The molecule has 0 amide bonds. The highest BCUT2D eigenvalue weighted by molar-refractivity contribution is 5.40. The van der Waals surface area contributed by atoms with E-state index in [9.17, 15) is 30.7 Å². The first kappa shape index (κ1) is 25.2. The molecule has 3 aromatic rings. The molecule has 0 spiro atoms. The Morgan fingerprint density at radius 1 is 0.886 bits per heavy atom. The van der Waals surface area contributed by atoms with Crippen molar-refractivity contribution in [3.8, 4) is 0 Å². The summed E-state index contributed by atoms with van der Waals surface area (Å²) >= 11 is 0. The fourth-order valence-corrected chi connectivity index (χ4v) is 4.52. The predicted octanol–water partition coefficient (Wildman–Crippen LogP) is 7.79. The summed E-state index contributed by atoms with van der Waals surface area (Å²) in [5.74, 6) is -0.843. The third-order valence-corrected chi connectivity index (χ3v) is 6.21. The van der Waals surface area contributed by atoms with Crippen LogP contribution in [0.1, 0.15) is 64.6 Å². The Morgan fingerprint density at radius 3 is 2.06 bits per heavy atom. The second-order valence-electron chi connectivity index (χ2n) is 8.71. The van der Waals surface area contributed by atoms with Gasteiger partial charge in [0.25, 0.3) is 0 Å². The fraction of sp³-hybridized carbons (Fsp3) is 0.346. The molecule has 2 aromatic carbocycles. The summed E-state index contributed by atoms with van der Waals surface area (Å²) in [6.07, 6.45) is -10.6. The van der Waals surface area contributed by atoms with Crippen LogP contribution in [0.5, 0.6) is 0 Å². The monoisotopic (exact) mass is 497 g/mol. The Kier molecular flexibility index (Phi) is 6.66. The van der Waals surface area contributed by atoms with Gasteiger partial charge in [0.1, 0.15) is 5.82 Å². The summed E-state index contributed by atoms with van der Waals surface area (Å²) in [4.78, 5) is 4.58. The molecule has 0 fully saturated rings. The Balaban J connectivity index is 1.71. The number of rotatable bonds is 4. The molecule has 2 nitrogen and oxygen atoms in total. The zero-order chi connectivity index (χ0) is 25.5. The number of fused-ring (bicyclic) bond motifs is 1. The minimum Gasteiger partial charge on any atom is -0.370 e. The number of aryl methyl sites for hydroxylation is 2. The fourth-order valence-electron chi connectivity index (χ4n) is 4.52. The molecule has 4 rings (SSSR count). The van der Waals surface area contributed by atoms with Gasteiger partial charge in [-0.3, -0.25) is 4.98 Å². The molecular weight excluding hydrogens is 475 g/mol. The van der Waals surface area contributed by atoms with Gasteiger partial charge in [-0.15, -0.1) is 0 Å². The molecule has 3 atom stereocenters. The molecule has 0 saturated heterocycles. The number of nitrogens with zero attached hydrogens (tertiary/aromatic N) is 1. The lowest BCUT2D eigenvalue weighted by atomic mass is 9.78. The van der Waals surface area contributed by atoms with Crippen molar-refractivity contribution in [1.82, 2.24) is 4.98 Å². The molecule has 1 aliphatic rings. The smallest absolute Gasteiger partial charge is 0.370 e. The number of ether oxygens (including phenoxy) is 1. The molecule has 0 saturated carbocycles. The normalized spacial score (nSPS) is 19.3. The van der Waals surface area contributed by atoms with Crippen LogP contribution in [0, 0.1) is 12.7 Å². The summed E-state index contributed by atoms with van der Waals surface area (Å²) in [5, 5.41) is 0. The second kappa shape index (κ2) is 9.26. The zero-order valence-electron chi connectivity index (χ0n) is 18.8. The zero-order valence-corrected chi connectivity index (χ0v) is 18.8. The van der Waals surface area contributed by atoms with Gasteiger partial charge in [-0.1, -0.05) is 18.2 Å². The predicted molar refractivity (Wildman–Crippen MR) is 115 cm³/mol. The van der Waals surface area contributed by atoms with Crippen LogP contribution < -0.4 is 0 Å². The molecule has 186 valence electrons. The number of halogens is 7. The van der Waals surface area contributed by atoms with Crippen molar-refractivity contribution < 1.29 is 35.5 Å². The van der Waals surface area contributed by atoms with Crippen LogP contribution in [-0.4, -0.2) is 11.1 Å². The Hall–Kier alpha value is -2.94. The number of benzene rings is 2. The third kappa shape index (κ3) is 5.50. The molecule has 0 aliphatic heterocycles. The van der Waals surface area contributed by atoms with E-state index in [0.717, 1.165) is 22.5 Å². The summed E-state index contributed by atoms with van der Waals surface area (Å²) in [7, 11) is 0. The Bertz CT molecular complexity index is 1170. The van der Waals surface area contributed by atoms with Gasteiger partial charge in [0, 0.05) is 17.3 Å². The van der Waals surface area contributed by atoms with Crippen LogP contribution in [0.3, 0.4) is 0 Å². The van der Waals surface area contributed by atoms with Crippen LogP contribution in [0.2, 0.25) is 0 Å². The van der Waals surface area contributed by atoms with Gasteiger partial charge in [-0.25, -0.2) is 4.39 Å². The van der Waals surface area contributed by atoms with Crippen molar-refractivity contribution in [1.29, 1.82) is 0 Å². The summed E-state index contributed by atoms with van der Waals surface area (Å²) < 4.78 is 99.7. The van der Waals surface area contributed by atoms with Gasteiger partial charge < -0.3 is 4.74 Å². The molecule has 9 heteroatoms. The van der Waals surface area contributed by atoms with E-state index in [-0.39, 0.29) is 11.6 Å². The minimum absolute atomic E-state index is 0.0996. The molecule has 0 N–H and O–H groups in total. The number of hydrogen-bond acceptors (Lipinski definition) is 2. The van der Waals surface area contributed by atoms with E-state index in [1.165, 1.54) is 19.1 Å². The molecule has 0 bridgehead atoms. The van der Waals surface area contributed by atoms with Crippen molar-refractivity contribution in [2.75, 3.05) is 0 Å². The van der Waals surface area contributed by atoms with Crippen LogP contribution in [0.4, 0.5) is 30.7 Å². The second-order valence-corrected chi connectivity index (χ2v) is 8.71. The molecule has 35 heavy (non-hydrogen) atoms. The van der Waals surface area contributed by atoms with Gasteiger partial charge in [-0.05, 0) is 79.8 Å². The third-order valence-electron chi connectivity index (χ3n) is 6.21. The highest BCUT2D eigenvalue weighted by atomic mass is 19.4. The largest absolute Gasteiger partial charge is 0.416 e. The maximum Gasteiger partial charge on any atom is 0.416 e. The van der Waals surface area contributed by atoms with Crippen LogP contribution >= 0.6 is 0 Å². The maximum absolute atomic E-state index is 13.6. The van der Waals surface area contributed by atoms with Crippen molar-refractivity contribution in [2.24, 2.45) is 0 Å². The molecule has 1 aromatic heterocycles. The lowest BCUT2D eigenvalue weighted by molar-refractivity contribution is -0.143. The highest BCUT2D eigenvalue weighted by Crippen LogP contribution is 2.42. The quantitative estimate of drug-likeness (QED) is 0.343. The topological polar surface area (TPSA) is 22.1 Å². The van der Waals surface area contributed by atoms with E-state index in [1.54, 1.807) is 12.1 Å². The van der Waals surface area contributed by atoms with Crippen molar-refractivity contribution in [3.05, 3.63) is 99.6 Å². The molecule has 0 unspecified atom stereocenters. The average molecular weight is 497 g/mol. The van der Waals surface area contributed by atoms with E-state index < -0.39 is 47.4 Å². The highest BCUT2D eigenvalue weighted by Gasteiger charge is 2.38. The van der Waals surface area contributed by atoms with Crippen LogP contribution in [-0.2, 0) is 23.5 Å². The minimum atomic E-state index is -4.94. The lowest BCUT2D eigenvalue weighted by Crippen LogP contribution is -2.31. The van der Waals surface area contributed by atoms with Crippen molar-refractivity contribution in [2.45, 2.75) is 57.2 Å². The van der Waals surface area contributed by atoms with Gasteiger partial charge in [0.2, 0.25) is 0 Å². The van der Waals surface area contributed by atoms with E-state index in [0.29, 0.717) is 25.0 Å². The summed E-state index contributed by atoms with van der Waals surface area (Å²) in [5.41, 5.74) is 0.213. The first-order valence-electron chi connectivity index (χ1n) is 11.0. The van der Waals surface area contributed by atoms with Gasteiger partial charge >= 0.3 is 12.4 Å². The standard InChI is InChI=1S/C26H22F7NO/c1-14-3-8-21-22(34-14)9-10-23(24(21)16-4-6-20(27)7-5-16)35-15(2)17-11-18(25(28,29)30)13-19(12-17)26(31,32)33/h3-8,11-13,15,23-24H,9-10H2,1-2H3/t15-,23-,24-/m1/s1. The molecule has 0 radical (unpaired) electrons. The average Bonchev–Trinajstić information content (AvgIpc) is 2.78. The van der Waals surface area contributed by atoms with Crippen LogP contribution in [0.15, 0.2) is 54.6 Å². The SMILES string of the molecule is Cc1ccc2c(n1)CC[C@@H](O[C@H](C)c1cc(C(F)(F)F)cc(C(F)(F)F)c1)[C@@H]2c1ccc(F)cc1. The Labute approximate surface area is 197 Å². The van der Waals surface area contributed by atoms with Gasteiger partial charge in [0.15, 0.2) is 0 Å². The van der Waals surface area contributed by atoms with E-state index in [2.05, 4.69) is 4.98 Å². The first-order valence-corrected chi connectivity index (χ1v) is 11.0.